The van der Waals surface area contributed by atoms with E-state index in [9.17, 15) is 13.2 Å². The van der Waals surface area contributed by atoms with Crippen molar-refractivity contribution in [2.45, 2.75) is 13.1 Å². The largest absolute Gasteiger partial charge is 0.494 e. The lowest BCUT2D eigenvalue weighted by molar-refractivity contribution is -0.0863. The fraction of sp³-hybridized carbons (Fsp3) is 0.158. The Morgan fingerprint density at radius 1 is 1.08 bits per heavy atom. The third-order valence-corrected chi connectivity index (χ3v) is 3.25. The highest BCUT2D eigenvalue weighted by Gasteiger charge is 2.32. The maximum atomic E-state index is 13.1. The Morgan fingerprint density at radius 3 is 2.25 bits per heavy atom. The molecule has 2 aromatic carbocycles. The van der Waals surface area contributed by atoms with Crippen molar-refractivity contribution < 1.29 is 17.9 Å². The second kappa shape index (κ2) is 7.94. The molecular weight excluding hydrogens is 337 g/mol. The van der Waals surface area contributed by atoms with Gasteiger partial charge >= 0.3 is 6.18 Å². The summed E-state index contributed by atoms with van der Waals surface area (Å²) >= 11 is 5.73. The molecule has 0 fully saturated rings. The highest BCUT2D eigenvalue weighted by Crippen LogP contribution is 2.27. The number of hydrogen-bond acceptors (Lipinski definition) is 1. The van der Waals surface area contributed by atoms with Crippen LogP contribution in [0, 0.1) is 11.8 Å². The summed E-state index contributed by atoms with van der Waals surface area (Å²) in [6.45, 7) is 2.37. The molecule has 0 atom stereocenters. The smallest absolute Gasteiger partial charge is 0.424 e. The van der Waals surface area contributed by atoms with E-state index in [4.69, 9.17) is 16.3 Å². The first-order valence-corrected chi connectivity index (χ1v) is 7.55. The molecule has 0 bridgehead atoms. The van der Waals surface area contributed by atoms with Gasteiger partial charge in [-0.2, -0.15) is 13.2 Å². The molecule has 0 aliphatic carbocycles. The van der Waals surface area contributed by atoms with Gasteiger partial charge in [0.05, 0.1) is 6.61 Å². The predicted molar refractivity (Wildman–Crippen MR) is 90.0 cm³/mol. The summed E-state index contributed by atoms with van der Waals surface area (Å²) in [4.78, 5) is 0. The number of alkyl halides is 3. The van der Waals surface area contributed by atoms with Crippen LogP contribution in [0.1, 0.15) is 18.1 Å². The van der Waals surface area contributed by atoms with Gasteiger partial charge in [-0.05, 0) is 55.0 Å². The number of ether oxygens (including phenoxy) is 1. The van der Waals surface area contributed by atoms with E-state index in [1.807, 2.05) is 6.92 Å². The van der Waals surface area contributed by atoms with E-state index >= 15 is 0 Å². The Bertz CT molecular complexity index is 763. The van der Waals surface area contributed by atoms with E-state index in [0.29, 0.717) is 28.5 Å². The van der Waals surface area contributed by atoms with Crippen LogP contribution in [-0.2, 0) is 0 Å². The fourth-order valence-corrected chi connectivity index (χ4v) is 1.98. The summed E-state index contributed by atoms with van der Waals surface area (Å²) in [5.74, 6) is 5.38. The molecule has 24 heavy (non-hydrogen) atoms. The fourth-order valence-electron chi connectivity index (χ4n) is 1.86. The molecule has 0 heterocycles. The van der Waals surface area contributed by atoms with E-state index in [1.165, 1.54) is 24.3 Å². The molecule has 0 aromatic heterocycles. The lowest BCUT2D eigenvalue weighted by Crippen LogP contribution is -2.10. The molecule has 0 N–H and O–H groups in total. The van der Waals surface area contributed by atoms with Gasteiger partial charge < -0.3 is 4.74 Å². The Balaban J connectivity index is 2.29. The van der Waals surface area contributed by atoms with Gasteiger partial charge in [0, 0.05) is 10.6 Å². The zero-order chi connectivity index (χ0) is 17.6. The number of rotatable bonds is 3. The zero-order valence-corrected chi connectivity index (χ0v) is 13.6. The van der Waals surface area contributed by atoms with Crippen LogP contribution in [0.4, 0.5) is 13.2 Å². The number of halogens is 4. The van der Waals surface area contributed by atoms with Crippen molar-refractivity contribution in [2.75, 3.05) is 6.61 Å². The first-order chi connectivity index (χ1) is 11.4. The summed E-state index contributed by atoms with van der Waals surface area (Å²) < 4.78 is 44.7. The number of hydrogen-bond donors (Lipinski definition) is 0. The van der Waals surface area contributed by atoms with Gasteiger partial charge in [-0.25, -0.2) is 0 Å². The summed E-state index contributed by atoms with van der Waals surface area (Å²) in [7, 11) is 0. The van der Waals surface area contributed by atoms with Gasteiger partial charge in [0.1, 0.15) is 11.3 Å². The molecule has 0 aliphatic heterocycles. The highest BCUT2D eigenvalue weighted by molar-refractivity contribution is 6.30. The zero-order valence-electron chi connectivity index (χ0n) is 12.8. The summed E-state index contributed by atoms with van der Waals surface area (Å²) in [6.07, 6.45) is -3.53. The quantitative estimate of drug-likeness (QED) is 0.642. The van der Waals surface area contributed by atoms with E-state index in [-0.39, 0.29) is 0 Å². The van der Waals surface area contributed by atoms with Crippen molar-refractivity contribution in [2.24, 2.45) is 0 Å². The Kier molecular flexibility index (Phi) is 5.94. The first-order valence-electron chi connectivity index (χ1n) is 7.18. The lowest BCUT2D eigenvalue weighted by atomic mass is 10.1. The van der Waals surface area contributed by atoms with Crippen molar-refractivity contribution in [3.05, 3.63) is 70.3 Å². The maximum absolute atomic E-state index is 13.1. The van der Waals surface area contributed by atoms with Gasteiger partial charge in [0.25, 0.3) is 0 Å². The van der Waals surface area contributed by atoms with Crippen molar-refractivity contribution in [1.82, 2.24) is 0 Å². The molecule has 5 heteroatoms. The Morgan fingerprint density at radius 2 is 1.71 bits per heavy atom. The van der Waals surface area contributed by atoms with Crippen LogP contribution in [0.5, 0.6) is 5.75 Å². The van der Waals surface area contributed by atoms with Crippen LogP contribution >= 0.6 is 11.6 Å². The predicted octanol–water partition coefficient (Wildman–Crippen LogP) is 5.74. The molecule has 0 aliphatic rings. The molecule has 1 nitrogen and oxygen atoms in total. The molecule has 0 amide bonds. The van der Waals surface area contributed by atoms with Gasteiger partial charge in [-0.1, -0.05) is 35.6 Å². The van der Waals surface area contributed by atoms with Crippen molar-refractivity contribution >= 4 is 17.7 Å². The van der Waals surface area contributed by atoms with E-state index < -0.39 is 11.7 Å². The third kappa shape index (κ3) is 5.36. The highest BCUT2D eigenvalue weighted by atomic mass is 35.5. The van der Waals surface area contributed by atoms with Gasteiger partial charge in [-0.15, -0.1) is 0 Å². The van der Waals surface area contributed by atoms with Crippen LogP contribution in [0.15, 0.2) is 54.1 Å². The molecular formula is C19H14ClF3O. The molecule has 2 rings (SSSR count). The van der Waals surface area contributed by atoms with Crippen LogP contribution in [0.2, 0.25) is 5.02 Å². The summed E-state index contributed by atoms with van der Waals surface area (Å²) in [5.41, 5.74) is -0.0591. The van der Waals surface area contributed by atoms with Crippen LogP contribution in [0.3, 0.4) is 0 Å². The van der Waals surface area contributed by atoms with E-state index in [1.54, 1.807) is 24.3 Å². The van der Waals surface area contributed by atoms with E-state index in [2.05, 4.69) is 11.8 Å². The monoisotopic (exact) mass is 350 g/mol. The molecule has 2 aromatic rings. The average molecular weight is 351 g/mol. The second-order valence-electron chi connectivity index (χ2n) is 4.81. The summed E-state index contributed by atoms with van der Waals surface area (Å²) in [6, 6.07) is 12.7. The van der Waals surface area contributed by atoms with Crippen molar-refractivity contribution in [1.29, 1.82) is 0 Å². The molecule has 0 saturated carbocycles. The summed E-state index contributed by atoms with van der Waals surface area (Å²) in [5, 5.41) is 0.459. The second-order valence-corrected chi connectivity index (χ2v) is 5.25. The van der Waals surface area contributed by atoms with Crippen molar-refractivity contribution in [3.8, 4) is 17.6 Å². The van der Waals surface area contributed by atoms with Crippen molar-refractivity contribution in [3.63, 3.8) is 0 Å². The van der Waals surface area contributed by atoms with Gasteiger partial charge in [0.15, 0.2) is 0 Å². The third-order valence-electron chi connectivity index (χ3n) is 2.99. The van der Waals surface area contributed by atoms with E-state index in [0.717, 1.165) is 6.08 Å². The minimum absolute atomic E-state index is 0.382. The van der Waals surface area contributed by atoms with Gasteiger partial charge in [0.2, 0.25) is 0 Å². The molecule has 0 radical (unpaired) electrons. The van der Waals surface area contributed by atoms with Crippen LogP contribution < -0.4 is 4.74 Å². The molecule has 0 spiro atoms. The van der Waals surface area contributed by atoms with Crippen LogP contribution in [0.25, 0.3) is 6.08 Å². The Labute approximate surface area is 143 Å². The number of benzene rings is 2. The lowest BCUT2D eigenvalue weighted by Gasteiger charge is -2.06. The average Bonchev–Trinajstić information content (AvgIpc) is 2.54. The van der Waals surface area contributed by atoms with Gasteiger partial charge in [-0.3, -0.25) is 0 Å². The minimum atomic E-state index is -4.53. The molecule has 0 unspecified atom stereocenters. The Hall–Kier alpha value is -2.38. The normalized spacial score (nSPS) is 11.6. The molecule has 0 saturated heterocycles. The molecule has 124 valence electrons. The standard InChI is InChI=1S/C19H14ClF3O/c1-2-24-18-11-6-14(7-12-18)3-8-16(19(21,22)23)13-15-4-9-17(20)10-5-15/h4-7,9-13H,2H2,1H3/b16-13-. The minimum Gasteiger partial charge on any atom is -0.494 e. The topological polar surface area (TPSA) is 9.23 Å². The van der Waals surface area contributed by atoms with Crippen LogP contribution in [-0.4, -0.2) is 12.8 Å². The maximum Gasteiger partial charge on any atom is 0.424 e. The first kappa shape index (κ1) is 18.0. The number of allylic oxidation sites excluding steroid dienone is 1. The SMILES string of the molecule is CCOc1ccc(C#C/C(=C/c2ccc(Cl)cc2)C(F)(F)F)cc1.